The first-order valence-electron chi connectivity index (χ1n) is 8.53. The lowest BCUT2D eigenvalue weighted by Crippen LogP contribution is -2.17. The van der Waals surface area contributed by atoms with E-state index in [1.54, 1.807) is 31.4 Å². The molecule has 0 radical (unpaired) electrons. The third kappa shape index (κ3) is 2.95. The van der Waals surface area contributed by atoms with E-state index in [1.807, 2.05) is 24.3 Å². The summed E-state index contributed by atoms with van der Waals surface area (Å²) >= 11 is 0. The number of carbonyl (C=O) groups excluding carboxylic acids is 1. The molecule has 1 aromatic heterocycles. The molecular weight excluding hydrogens is 314 g/mol. The van der Waals surface area contributed by atoms with Gasteiger partial charge in [0.1, 0.15) is 11.5 Å². The maximum Gasteiger partial charge on any atom is 0.344 e. The zero-order valence-electron chi connectivity index (χ0n) is 14.1. The van der Waals surface area contributed by atoms with Crippen LogP contribution in [-0.4, -0.2) is 18.1 Å². The highest BCUT2D eigenvalue weighted by molar-refractivity contribution is 6.05. The highest BCUT2D eigenvalue weighted by Crippen LogP contribution is 2.30. The number of carbonyl (C=O) groups is 1. The van der Waals surface area contributed by atoms with Crippen molar-refractivity contribution in [3.8, 4) is 11.5 Å². The number of ether oxygens (including phenoxy) is 2. The van der Waals surface area contributed by atoms with Crippen LogP contribution < -0.4 is 9.47 Å². The number of esters is 1. The molecule has 1 aliphatic rings. The van der Waals surface area contributed by atoms with Gasteiger partial charge in [-0.2, -0.15) is 0 Å². The minimum Gasteiger partial charge on any atom is -0.497 e. The number of para-hydroxylation sites is 1. The molecule has 25 heavy (non-hydrogen) atoms. The first kappa shape index (κ1) is 15.6. The number of hydrogen-bond acceptors (Lipinski definition) is 4. The van der Waals surface area contributed by atoms with Crippen LogP contribution in [0.4, 0.5) is 0 Å². The minimum atomic E-state index is -0.318. The van der Waals surface area contributed by atoms with Crippen LogP contribution in [0.25, 0.3) is 10.9 Å². The fraction of sp³-hybridized carbons (Fsp3) is 0.238. The molecule has 3 aromatic rings. The summed E-state index contributed by atoms with van der Waals surface area (Å²) in [6.45, 7) is 0. The Bertz CT molecular complexity index is 932. The number of rotatable bonds is 3. The Kier molecular flexibility index (Phi) is 4.10. The molecule has 0 spiro atoms. The summed E-state index contributed by atoms with van der Waals surface area (Å²) in [6.07, 6.45) is 3.99. The maximum absolute atomic E-state index is 13.0. The zero-order valence-corrected chi connectivity index (χ0v) is 14.1. The normalized spacial score (nSPS) is 13.3. The van der Waals surface area contributed by atoms with E-state index in [1.165, 1.54) is 0 Å². The Morgan fingerprint density at radius 2 is 1.68 bits per heavy atom. The summed E-state index contributed by atoms with van der Waals surface area (Å²) in [7, 11) is 1.61. The van der Waals surface area contributed by atoms with Crippen LogP contribution in [0.2, 0.25) is 0 Å². The predicted octanol–water partition coefficient (Wildman–Crippen LogP) is 4.34. The highest BCUT2D eigenvalue weighted by Gasteiger charge is 2.23. The molecule has 0 aliphatic heterocycles. The van der Waals surface area contributed by atoms with E-state index in [0.29, 0.717) is 11.3 Å². The molecule has 0 amide bonds. The van der Waals surface area contributed by atoms with Crippen molar-refractivity contribution in [3.05, 3.63) is 65.4 Å². The Morgan fingerprint density at radius 1 is 0.960 bits per heavy atom. The number of pyridine rings is 1. The second-order valence-electron chi connectivity index (χ2n) is 6.20. The van der Waals surface area contributed by atoms with E-state index in [2.05, 4.69) is 0 Å². The number of methoxy groups -OCH3 is 1. The van der Waals surface area contributed by atoms with E-state index in [0.717, 1.165) is 53.6 Å². The average molecular weight is 333 g/mol. The van der Waals surface area contributed by atoms with Gasteiger partial charge in [0.05, 0.1) is 18.2 Å². The van der Waals surface area contributed by atoms with Crippen LogP contribution in [0.15, 0.2) is 48.5 Å². The first-order chi connectivity index (χ1) is 12.3. The number of aryl methyl sites for hydroxylation is 1. The van der Waals surface area contributed by atoms with Gasteiger partial charge in [-0.3, -0.25) is 4.98 Å². The van der Waals surface area contributed by atoms with Crippen molar-refractivity contribution in [2.24, 2.45) is 0 Å². The van der Waals surface area contributed by atoms with Gasteiger partial charge in [0, 0.05) is 11.1 Å². The third-order valence-electron chi connectivity index (χ3n) is 4.64. The van der Waals surface area contributed by atoms with E-state index in [4.69, 9.17) is 14.5 Å². The Labute approximate surface area is 146 Å². The molecule has 0 N–H and O–H groups in total. The van der Waals surface area contributed by atoms with Gasteiger partial charge in [-0.05, 0) is 61.6 Å². The molecule has 0 unspecified atom stereocenters. The Balaban J connectivity index is 1.77. The van der Waals surface area contributed by atoms with Crippen LogP contribution in [0.1, 0.15) is 34.5 Å². The molecule has 4 nitrogen and oxygen atoms in total. The van der Waals surface area contributed by atoms with E-state index in [9.17, 15) is 4.79 Å². The summed E-state index contributed by atoms with van der Waals surface area (Å²) in [6, 6.07) is 14.8. The Hall–Kier alpha value is -2.88. The van der Waals surface area contributed by atoms with Crippen LogP contribution in [0.5, 0.6) is 11.5 Å². The fourth-order valence-electron chi connectivity index (χ4n) is 3.41. The van der Waals surface area contributed by atoms with Crippen LogP contribution in [0.3, 0.4) is 0 Å². The molecule has 1 aliphatic carbocycles. The van der Waals surface area contributed by atoms with E-state index < -0.39 is 0 Å². The number of aromatic nitrogens is 1. The largest absolute Gasteiger partial charge is 0.497 e. The van der Waals surface area contributed by atoms with Crippen molar-refractivity contribution in [2.45, 2.75) is 25.7 Å². The van der Waals surface area contributed by atoms with Gasteiger partial charge in [0.15, 0.2) is 0 Å². The zero-order chi connectivity index (χ0) is 17.2. The smallest absolute Gasteiger partial charge is 0.344 e. The van der Waals surface area contributed by atoms with Crippen molar-refractivity contribution in [3.63, 3.8) is 0 Å². The predicted molar refractivity (Wildman–Crippen MR) is 96.3 cm³/mol. The molecule has 2 aromatic carbocycles. The molecule has 0 atom stereocenters. The minimum absolute atomic E-state index is 0.318. The first-order valence-corrected chi connectivity index (χ1v) is 8.53. The number of fused-ring (bicyclic) bond motifs is 2. The monoisotopic (exact) mass is 333 g/mol. The van der Waals surface area contributed by atoms with Gasteiger partial charge in [-0.1, -0.05) is 18.2 Å². The van der Waals surface area contributed by atoms with Crippen LogP contribution >= 0.6 is 0 Å². The number of benzene rings is 2. The standard InChI is InChI=1S/C21H19NO3/c1-24-14-10-12-15(13-11-14)25-21(23)20-16-6-2-4-8-18(16)22-19-9-5-3-7-17(19)20/h2,4,6,8,10-13H,3,5,7,9H2,1H3. The maximum atomic E-state index is 13.0. The van der Waals surface area contributed by atoms with Crippen LogP contribution in [-0.2, 0) is 12.8 Å². The molecule has 4 rings (SSSR count). The fourth-order valence-corrected chi connectivity index (χ4v) is 3.41. The van der Waals surface area contributed by atoms with Gasteiger partial charge in [0.25, 0.3) is 0 Å². The Morgan fingerprint density at radius 3 is 2.48 bits per heavy atom. The SMILES string of the molecule is COc1ccc(OC(=O)c2c3c(nc4ccccc24)CCCC3)cc1. The van der Waals surface area contributed by atoms with Gasteiger partial charge in [-0.15, -0.1) is 0 Å². The molecule has 0 fully saturated rings. The molecule has 0 saturated carbocycles. The highest BCUT2D eigenvalue weighted by atomic mass is 16.5. The number of hydrogen-bond donors (Lipinski definition) is 0. The van der Waals surface area contributed by atoms with Crippen molar-refractivity contribution in [1.29, 1.82) is 0 Å². The topological polar surface area (TPSA) is 48.4 Å². The summed E-state index contributed by atoms with van der Waals surface area (Å²) < 4.78 is 10.8. The molecule has 0 bridgehead atoms. The summed E-state index contributed by atoms with van der Waals surface area (Å²) in [5.41, 5.74) is 3.59. The quantitative estimate of drug-likeness (QED) is 0.528. The summed E-state index contributed by atoms with van der Waals surface area (Å²) in [4.78, 5) is 17.7. The van der Waals surface area contributed by atoms with Gasteiger partial charge < -0.3 is 9.47 Å². The molecule has 1 heterocycles. The van der Waals surface area contributed by atoms with Crippen molar-refractivity contribution < 1.29 is 14.3 Å². The van der Waals surface area contributed by atoms with E-state index >= 15 is 0 Å². The van der Waals surface area contributed by atoms with Crippen molar-refractivity contribution in [1.82, 2.24) is 4.98 Å². The van der Waals surface area contributed by atoms with E-state index in [-0.39, 0.29) is 5.97 Å². The molecular formula is C21H19NO3. The molecule has 126 valence electrons. The average Bonchev–Trinajstić information content (AvgIpc) is 2.66. The lowest BCUT2D eigenvalue weighted by atomic mass is 9.90. The molecule has 4 heteroatoms. The van der Waals surface area contributed by atoms with Gasteiger partial charge >= 0.3 is 5.97 Å². The van der Waals surface area contributed by atoms with Crippen molar-refractivity contribution >= 4 is 16.9 Å². The number of nitrogens with zero attached hydrogens (tertiary/aromatic N) is 1. The third-order valence-corrected chi connectivity index (χ3v) is 4.64. The lowest BCUT2D eigenvalue weighted by molar-refractivity contribution is 0.0735. The second-order valence-corrected chi connectivity index (χ2v) is 6.20. The second kappa shape index (κ2) is 6.55. The molecule has 0 saturated heterocycles. The van der Waals surface area contributed by atoms with Crippen molar-refractivity contribution in [2.75, 3.05) is 7.11 Å². The van der Waals surface area contributed by atoms with Gasteiger partial charge in [-0.25, -0.2) is 4.79 Å². The van der Waals surface area contributed by atoms with Gasteiger partial charge in [0.2, 0.25) is 0 Å². The summed E-state index contributed by atoms with van der Waals surface area (Å²) in [5, 5.41) is 0.863. The lowest BCUT2D eigenvalue weighted by Gasteiger charge is -2.19. The summed E-state index contributed by atoms with van der Waals surface area (Å²) in [5.74, 6) is 0.921. The van der Waals surface area contributed by atoms with Crippen LogP contribution in [0, 0.1) is 0 Å².